The first kappa shape index (κ1) is 15.9. The Kier molecular flexibility index (Phi) is 4.95. The van der Waals surface area contributed by atoms with Crippen LogP contribution in [0.1, 0.15) is 34.8 Å². The van der Waals surface area contributed by atoms with Crippen LogP contribution in [-0.2, 0) is 6.18 Å². The van der Waals surface area contributed by atoms with Gasteiger partial charge in [-0.15, -0.1) is 11.3 Å². The molecule has 2 nitrogen and oxygen atoms in total. The van der Waals surface area contributed by atoms with Crippen LogP contribution >= 0.6 is 11.3 Å². The van der Waals surface area contributed by atoms with E-state index in [4.69, 9.17) is 0 Å². The van der Waals surface area contributed by atoms with Crippen molar-refractivity contribution in [3.63, 3.8) is 0 Å². The molecular weight excluding hydrogens is 304 g/mol. The Morgan fingerprint density at radius 3 is 2.43 bits per heavy atom. The number of nitrogens with zero attached hydrogens (tertiary/aromatic N) is 1. The van der Waals surface area contributed by atoms with Crippen LogP contribution in [0.15, 0.2) is 30.5 Å². The van der Waals surface area contributed by atoms with E-state index in [1.54, 1.807) is 12.1 Å². The normalized spacial score (nSPS) is 13.4. The van der Waals surface area contributed by atoms with E-state index in [9.17, 15) is 17.6 Å². The number of benzene rings is 1. The lowest BCUT2D eigenvalue weighted by Gasteiger charge is -2.17. The van der Waals surface area contributed by atoms with Gasteiger partial charge >= 0.3 is 6.18 Å². The largest absolute Gasteiger partial charge is 0.443 e. The molecule has 1 unspecified atom stereocenters. The van der Waals surface area contributed by atoms with E-state index in [1.807, 2.05) is 6.92 Å². The van der Waals surface area contributed by atoms with Crippen LogP contribution in [0.25, 0.3) is 0 Å². The van der Waals surface area contributed by atoms with Gasteiger partial charge < -0.3 is 5.32 Å². The molecule has 1 atom stereocenters. The van der Waals surface area contributed by atoms with E-state index in [-0.39, 0.29) is 5.82 Å². The summed E-state index contributed by atoms with van der Waals surface area (Å²) in [5.41, 5.74) is 0.710. The minimum absolute atomic E-state index is 0.381. The number of hydrogen-bond donors (Lipinski definition) is 1. The van der Waals surface area contributed by atoms with Crippen LogP contribution in [-0.4, -0.2) is 11.5 Å². The standard InChI is InChI=1S/C14H14F4N2S/c1-2-7-19-12(9-3-5-10(15)6-4-9)11-8-20-13(21-11)14(16,17)18/h3-6,8,12,19H,2,7H2,1H3. The van der Waals surface area contributed by atoms with Gasteiger partial charge in [0.2, 0.25) is 0 Å². The molecule has 0 fully saturated rings. The topological polar surface area (TPSA) is 24.9 Å². The molecule has 7 heteroatoms. The second-order valence-electron chi connectivity index (χ2n) is 4.50. The third-order valence-electron chi connectivity index (χ3n) is 2.85. The molecule has 0 bridgehead atoms. The number of hydrogen-bond acceptors (Lipinski definition) is 3. The van der Waals surface area contributed by atoms with Gasteiger partial charge in [0.05, 0.1) is 6.04 Å². The third-order valence-corrected chi connectivity index (χ3v) is 3.96. The van der Waals surface area contributed by atoms with E-state index in [1.165, 1.54) is 18.3 Å². The van der Waals surface area contributed by atoms with Crippen molar-refractivity contribution in [2.45, 2.75) is 25.6 Å². The number of aromatic nitrogens is 1. The van der Waals surface area contributed by atoms with Crippen LogP contribution in [0.4, 0.5) is 17.6 Å². The van der Waals surface area contributed by atoms with Gasteiger partial charge in [-0.1, -0.05) is 19.1 Å². The van der Waals surface area contributed by atoms with Crippen LogP contribution in [0.5, 0.6) is 0 Å². The number of thiazole rings is 1. The van der Waals surface area contributed by atoms with Crippen LogP contribution in [0.2, 0.25) is 0 Å². The van der Waals surface area contributed by atoms with Crippen LogP contribution in [0.3, 0.4) is 0 Å². The highest BCUT2D eigenvalue weighted by molar-refractivity contribution is 7.11. The molecule has 1 N–H and O–H groups in total. The first-order chi connectivity index (χ1) is 9.91. The van der Waals surface area contributed by atoms with Gasteiger partial charge in [-0.25, -0.2) is 9.37 Å². The maximum atomic E-state index is 13.0. The van der Waals surface area contributed by atoms with Gasteiger partial charge in [0.25, 0.3) is 0 Å². The van der Waals surface area contributed by atoms with Crippen molar-refractivity contribution in [1.29, 1.82) is 0 Å². The molecule has 21 heavy (non-hydrogen) atoms. The van der Waals surface area contributed by atoms with Gasteiger partial charge in [0, 0.05) is 11.1 Å². The summed E-state index contributed by atoms with van der Waals surface area (Å²) in [6.07, 6.45) is -2.38. The highest BCUT2D eigenvalue weighted by Crippen LogP contribution is 2.36. The van der Waals surface area contributed by atoms with Crippen molar-refractivity contribution >= 4 is 11.3 Å². The van der Waals surface area contributed by atoms with Crippen LogP contribution in [0, 0.1) is 5.82 Å². The van der Waals surface area contributed by atoms with Crippen molar-refractivity contribution < 1.29 is 17.6 Å². The summed E-state index contributed by atoms with van der Waals surface area (Å²) in [6.45, 7) is 2.60. The van der Waals surface area contributed by atoms with Gasteiger partial charge in [-0.3, -0.25) is 0 Å². The van der Waals surface area contributed by atoms with Gasteiger partial charge in [0.1, 0.15) is 5.82 Å². The summed E-state index contributed by atoms with van der Waals surface area (Å²) in [4.78, 5) is 3.90. The van der Waals surface area contributed by atoms with Crippen LogP contribution < -0.4 is 5.32 Å². The molecular formula is C14H14F4N2S. The Morgan fingerprint density at radius 1 is 1.24 bits per heavy atom. The summed E-state index contributed by atoms with van der Waals surface area (Å²) in [6, 6.07) is 5.30. The zero-order valence-corrected chi connectivity index (χ0v) is 12.1. The van der Waals surface area contributed by atoms with Crippen molar-refractivity contribution in [2.75, 3.05) is 6.54 Å². The molecule has 1 aromatic heterocycles. The first-order valence-electron chi connectivity index (χ1n) is 6.43. The Labute approximate surface area is 123 Å². The monoisotopic (exact) mass is 318 g/mol. The second kappa shape index (κ2) is 6.53. The SMILES string of the molecule is CCCNC(c1ccc(F)cc1)c1cnc(C(F)(F)F)s1. The molecule has 0 radical (unpaired) electrons. The predicted molar refractivity (Wildman–Crippen MR) is 73.7 cm³/mol. The molecule has 1 aromatic carbocycles. The van der Waals surface area contributed by atoms with E-state index in [2.05, 4.69) is 10.3 Å². The minimum atomic E-state index is -4.44. The van der Waals surface area contributed by atoms with E-state index in [0.29, 0.717) is 28.3 Å². The summed E-state index contributed by atoms with van der Waals surface area (Å²) in [7, 11) is 0. The zero-order valence-electron chi connectivity index (χ0n) is 11.2. The van der Waals surface area contributed by atoms with Crippen molar-refractivity contribution in [3.8, 4) is 0 Å². The molecule has 0 spiro atoms. The summed E-state index contributed by atoms with van der Waals surface area (Å²) in [5, 5.41) is 2.29. The van der Waals surface area contributed by atoms with E-state index >= 15 is 0 Å². The molecule has 114 valence electrons. The zero-order chi connectivity index (χ0) is 15.5. The maximum Gasteiger partial charge on any atom is 0.443 e. The van der Waals surface area contributed by atoms with Gasteiger partial charge in [0.15, 0.2) is 5.01 Å². The number of nitrogens with one attached hydrogen (secondary N) is 1. The third kappa shape index (κ3) is 4.01. The Hall–Kier alpha value is -1.47. The second-order valence-corrected chi connectivity index (χ2v) is 5.57. The smallest absolute Gasteiger partial charge is 0.306 e. The summed E-state index contributed by atoms with van der Waals surface area (Å²) >= 11 is 0.605. The molecule has 1 heterocycles. The van der Waals surface area contributed by atoms with Crippen molar-refractivity contribution in [1.82, 2.24) is 10.3 Å². The average molecular weight is 318 g/mol. The fraction of sp³-hybridized carbons (Fsp3) is 0.357. The predicted octanol–water partition coefficient (Wildman–Crippen LogP) is 4.39. The van der Waals surface area contributed by atoms with Crippen molar-refractivity contribution in [2.24, 2.45) is 0 Å². The molecule has 0 saturated carbocycles. The molecule has 0 aliphatic rings. The van der Waals surface area contributed by atoms with Crippen molar-refractivity contribution in [3.05, 3.63) is 51.7 Å². The Bertz CT molecular complexity index is 577. The van der Waals surface area contributed by atoms with E-state index in [0.717, 1.165) is 6.42 Å². The minimum Gasteiger partial charge on any atom is -0.306 e. The molecule has 0 aliphatic heterocycles. The van der Waals surface area contributed by atoms with E-state index < -0.39 is 17.2 Å². The lowest BCUT2D eigenvalue weighted by atomic mass is 10.1. The number of halogens is 4. The molecule has 0 amide bonds. The fourth-order valence-electron chi connectivity index (χ4n) is 1.88. The number of rotatable bonds is 5. The quantitative estimate of drug-likeness (QED) is 0.827. The summed E-state index contributed by atoms with van der Waals surface area (Å²) in [5.74, 6) is -0.381. The Balaban J connectivity index is 2.31. The van der Waals surface area contributed by atoms with Gasteiger partial charge in [-0.2, -0.15) is 13.2 Å². The Morgan fingerprint density at radius 2 is 1.90 bits per heavy atom. The molecule has 0 aliphatic carbocycles. The first-order valence-corrected chi connectivity index (χ1v) is 7.25. The molecule has 2 rings (SSSR count). The average Bonchev–Trinajstić information content (AvgIpc) is 2.91. The highest BCUT2D eigenvalue weighted by Gasteiger charge is 2.35. The highest BCUT2D eigenvalue weighted by atomic mass is 32.1. The summed E-state index contributed by atoms with van der Waals surface area (Å²) < 4.78 is 50.9. The fourth-order valence-corrected chi connectivity index (χ4v) is 2.76. The molecule has 0 saturated heterocycles. The maximum absolute atomic E-state index is 13.0. The molecule has 2 aromatic rings. The number of alkyl halides is 3. The lowest BCUT2D eigenvalue weighted by molar-refractivity contribution is -0.137. The lowest BCUT2D eigenvalue weighted by Crippen LogP contribution is -2.22. The van der Waals surface area contributed by atoms with Gasteiger partial charge in [-0.05, 0) is 30.7 Å².